The second-order valence-electron chi connectivity index (χ2n) is 5.51. The van der Waals surface area contributed by atoms with Crippen LogP contribution in [0.3, 0.4) is 0 Å². The van der Waals surface area contributed by atoms with E-state index in [1.165, 1.54) is 0 Å². The normalized spacial score (nSPS) is 19.6. The van der Waals surface area contributed by atoms with E-state index in [0.717, 1.165) is 6.92 Å². The van der Waals surface area contributed by atoms with Gasteiger partial charge < -0.3 is 4.74 Å². The SMILES string of the molecule is CC1=C([N+](=O)[O-])C(OC=O)=C(C(C)(C)C)C(=O)C1[N+](=O)[O-]. The molecule has 0 aliphatic heterocycles. The van der Waals surface area contributed by atoms with Crippen LogP contribution >= 0.6 is 0 Å². The van der Waals surface area contributed by atoms with Gasteiger partial charge in [-0.1, -0.05) is 20.8 Å². The third-order valence-corrected chi connectivity index (χ3v) is 3.03. The van der Waals surface area contributed by atoms with E-state index < -0.39 is 38.5 Å². The summed E-state index contributed by atoms with van der Waals surface area (Å²) in [6.45, 7) is 5.70. The maximum absolute atomic E-state index is 12.3. The van der Waals surface area contributed by atoms with Crippen LogP contribution in [0.2, 0.25) is 0 Å². The van der Waals surface area contributed by atoms with Crippen LogP contribution in [0.25, 0.3) is 0 Å². The van der Waals surface area contributed by atoms with Gasteiger partial charge in [0.1, 0.15) is 0 Å². The Morgan fingerprint density at radius 2 is 1.76 bits per heavy atom. The first kappa shape index (κ1) is 16.5. The molecule has 0 aromatic carbocycles. The van der Waals surface area contributed by atoms with Crippen molar-refractivity contribution in [2.24, 2.45) is 5.41 Å². The van der Waals surface area contributed by atoms with Crippen molar-refractivity contribution in [1.82, 2.24) is 0 Å². The maximum atomic E-state index is 12.3. The Hall–Kier alpha value is -2.58. The Labute approximate surface area is 119 Å². The van der Waals surface area contributed by atoms with Crippen molar-refractivity contribution in [3.63, 3.8) is 0 Å². The number of carbonyl (C=O) groups excluding carboxylic acids is 2. The summed E-state index contributed by atoms with van der Waals surface area (Å²) in [5.74, 6) is -1.43. The Balaban J connectivity index is 3.79. The van der Waals surface area contributed by atoms with Crippen molar-refractivity contribution in [2.45, 2.75) is 33.7 Å². The van der Waals surface area contributed by atoms with Gasteiger partial charge in [-0.05, 0) is 12.3 Å². The van der Waals surface area contributed by atoms with Gasteiger partial charge in [0.25, 0.3) is 6.47 Å². The molecule has 114 valence electrons. The third-order valence-electron chi connectivity index (χ3n) is 3.03. The van der Waals surface area contributed by atoms with Crippen molar-refractivity contribution in [1.29, 1.82) is 0 Å². The van der Waals surface area contributed by atoms with Gasteiger partial charge in [-0.25, -0.2) is 0 Å². The molecule has 21 heavy (non-hydrogen) atoms. The highest BCUT2D eigenvalue weighted by molar-refractivity contribution is 6.04. The molecular weight excluding hydrogens is 284 g/mol. The number of ketones is 1. The number of hydrogen-bond acceptors (Lipinski definition) is 7. The first-order valence-electron chi connectivity index (χ1n) is 5.92. The van der Waals surface area contributed by atoms with E-state index in [1.54, 1.807) is 20.8 Å². The summed E-state index contributed by atoms with van der Waals surface area (Å²) in [7, 11) is 0. The molecule has 0 spiro atoms. The molecule has 0 fully saturated rings. The maximum Gasteiger partial charge on any atom is 0.318 e. The largest absolute Gasteiger partial charge is 0.421 e. The van der Waals surface area contributed by atoms with Crippen LogP contribution in [0, 0.1) is 25.6 Å². The number of nitrogens with zero attached hydrogens (tertiary/aromatic N) is 2. The number of ether oxygens (including phenoxy) is 1. The molecule has 0 N–H and O–H groups in total. The van der Waals surface area contributed by atoms with Crippen molar-refractivity contribution >= 4 is 12.3 Å². The number of rotatable bonds is 4. The molecule has 1 aliphatic carbocycles. The summed E-state index contributed by atoms with van der Waals surface area (Å²) in [6.07, 6.45) is 0. The molecule has 9 heteroatoms. The van der Waals surface area contributed by atoms with Crippen LogP contribution in [-0.2, 0) is 14.3 Å². The molecule has 0 aromatic heterocycles. The molecule has 0 bridgehead atoms. The summed E-state index contributed by atoms with van der Waals surface area (Å²) in [5.41, 5.74) is -2.28. The molecule has 0 saturated carbocycles. The van der Waals surface area contributed by atoms with Crippen molar-refractivity contribution < 1.29 is 24.2 Å². The van der Waals surface area contributed by atoms with E-state index in [-0.39, 0.29) is 17.6 Å². The molecule has 0 aromatic rings. The van der Waals surface area contributed by atoms with Crippen LogP contribution in [0.1, 0.15) is 27.7 Å². The topological polar surface area (TPSA) is 130 Å². The molecule has 1 unspecified atom stereocenters. The number of carbonyl (C=O) groups is 2. The smallest absolute Gasteiger partial charge is 0.318 e. The van der Waals surface area contributed by atoms with Crippen molar-refractivity contribution in [3.05, 3.63) is 42.8 Å². The predicted octanol–water partition coefficient (Wildman–Crippen LogP) is 1.24. The predicted molar refractivity (Wildman–Crippen MR) is 69.1 cm³/mol. The van der Waals surface area contributed by atoms with Gasteiger partial charge in [0, 0.05) is 4.92 Å². The number of nitro groups is 2. The van der Waals surface area contributed by atoms with E-state index in [0.29, 0.717) is 0 Å². The average molecular weight is 298 g/mol. The first-order valence-corrected chi connectivity index (χ1v) is 5.92. The van der Waals surface area contributed by atoms with Crippen LogP contribution in [-0.4, -0.2) is 28.1 Å². The number of Topliss-reactive ketones (excluding diaryl/α,β-unsaturated/α-hetero) is 1. The lowest BCUT2D eigenvalue weighted by molar-refractivity contribution is -0.501. The minimum Gasteiger partial charge on any atom is -0.421 e. The highest BCUT2D eigenvalue weighted by Crippen LogP contribution is 2.39. The summed E-state index contributed by atoms with van der Waals surface area (Å²) in [6, 6.07) is -1.85. The molecular formula is C12H14N2O7. The zero-order valence-corrected chi connectivity index (χ0v) is 11.9. The zero-order valence-electron chi connectivity index (χ0n) is 11.9. The molecule has 0 heterocycles. The second-order valence-corrected chi connectivity index (χ2v) is 5.51. The molecule has 1 atom stereocenters. The quantitative estimate of drug-likeness (QED) is 0.433. The Morgan fingerprint density at radius 3 is 2.10 bits per heavy atom. The minimum atomic E-state index is -1.85. The summed E-state index contributed by atoms with van der Waals surface area (Å²) in [5, 5.41) is 22.3. The number of hydrogen-bond donors (Lipinski definition) is 0. The van der Waals surface area contributed by atoms with Crippen molar-refractivity contribution in [2.75, 3.05) is 0 Å². The highest BCUT2D eigenvalue weighted by atomic mass is 16.6. The van der Waals surface area contributed by atoms with Crippen LogP contribution in [0.4, 0.5) is 0 Å². The van der Waals surface area contributed by atoms with E-state index in [9.17, 15) is 29.8 Å². The van der Waals surface area contributed by atoms with Crippen LogP contribution < -0.4 is 0 Å². The van der Waals surface area contributed by atoms with E-state index in [2.05, 4.69) is 4.74 Å². The molecule has 1 rings (SSSR count). The van der Waals surface area contributed by atoms with Gasteiger partial charge in [-0.3, -0.25) is 29.8 Å². The lowest BCUT2D eigenvalue weighted by atomic mass is 9.76. The monoisotopic (exact) mass is 298 g/mol. The van der Waals surface area contributed by atoms with Crippen molar-refractivity contribution in [3.8, 4) is 0 Å². The summed E-state index contributed by atoms with van der Waals surface area (Å²) >= 11 is 0. The molecule has 0 radical (unpaired) electrons. The highest BCUT2D eigenvalue weighted by Gasteiger charge is 2.50. The first-order chi connectivity index (χ1) is 9.53. The van der Waals surface area contributed by atoms with Gasteiger partial charge >= 0.3 is 11.7 Å². The fraction of sp³-hybridized carbons (Fsp3) is 0.500. The van der Waals surface area contributed by atoms with Gasteiger partial charge in [-0.2, -0.15) is 0 Å². The lowest BCUT2D eigenvalue weighted by Crippen LogP contribution is -2.41. The lowest BCUT2D eigenvalue weighted by Gasteiger charge is -2.27. The van der Waals surface area contributed by atoms with E-state index >= 15 is 0 Å². The van der Waals surface area contributed by atoms with E-state index in [4.69, 9.17) is 0 Å². The molecule has 1 aliphatic rings. The summed E-state index contributed by atoms with van der Waals surface area (Å²) in [4.78, 5) is 43.4. The average Bonchev–Trinajstić information content (AvgIpc) is 2.25. The van der Waals surface area contributed by atoms with Gasteiger partial charge in [0.05, 0.1) is 16.1 Å². The standard InChI is InChI=1S/C12H14N2O7/c1-6-8(13(17)18)10(16)7(12(2,3)4)11(21-5-15)9(6)14(19)20/h5,8H,1-4H3. The molecule has 0 saturated heterocycles. The Bertz CT molecular complexity index is 595. The molecule has 9 nitrogen and oxygen atoms in total. The van der Waals surface area contributed by atoms with Gasteiger partial charge in [0.2, 0.25) is 11.5 Å². The third kappa shape index (κ3) is 2.81. The minimum absolute atomic E-state index is 0.0440. The molecule has 0 amide bonds. The summed E-state index contributed by atoms with van der Waals surface area (Å²) < 4.78 is 4.62. The van der Waals surface area contributed by atoms with Gasteiger partial charge in [-0.15, -0.1) is 0 Å². The second kappa shape index (κ2) is 5.43. The van der Waals surface area contributed by atoms with Crippen LogP contribution in [0.5, 0.6) is 0 Å². The fourth-order valence-corrected chi connectivity index (χ4v) is 2.23. The Morgan fingerprint density at radius 1 is 1.24 bits per heavy atom. The zero-order chi connectivity index (χ0) is 16.5. The Kier molecular flexibility index (Phi) is 4.26. The van der Waals surface area contributed by atoms with Gasteiger partial charge in [0.15, 0.2) is 0 Å². The van der Waals surface area contributed by atoms with E-state index in [1.807, 2.05) is 0 Å². The fourth-order valence-electron chi connectivity index (χ4n) is 2.23. The van der Waals surface area contributed by atoms with Crippen LogP contribution in [0.15, 0.2) is 22.6 Å².